The third-order valence-corrected chi connectivity index (χ3v) is 4.51. The third-order valence-electron chi connectivity index (χ3n) is 3.48. The van der Waals surface area contributed by atoms with Gasteiger partial charge in [-0.15, -0.1) is 0 Å². The number of carbonyl (C=O) groups is 2. The summed E-state index contributed by atoms with van der Waals surface area (Å²) >= 11 is 0.852. The molecule has 0 aliphatic rings. The Morgan fingerprint density at radius 3 is 2.52 bits per heavy atom. The summed E-state index contributed by atoms with van der Waals surface area (Å²) in [6.45, 7) is 1.28. The molecule has 2 aromatic carbocycles. The van der Waals surface area contributed by atoms with E-state index < -0.39 is 30.1 Å². The molecule has 3 aromatic rings. The van der Waals surface area contributed by atoms with Crippen LogP contribution in [0.4, 0.5) is 8.78 Å². The van der Waals surface area contributed by atoms with Crippen molar-refractivity contribution in [2.45, 2.75) is 13.5 Å². The number of carboxylic acids is 1. The van der Waals surface area contributed by atoms with Crippen LogP contribution in [0.3, 0.4) is 0 Å². The van der Waals surface area contributed by atoms with Crippen molar-refractivity contribution in [3.63, 3.8) is 0 Å². The predicted molar refractivity (Wildman–Crippen MR) is 88.4 cm³/mol. The first-order valence-electron chi connectivity index (χ1n) is 7.21. The SMILES string of the molecule is Cc1ccc(C(=O)N=c2sc3cc(F)cc(F)c3n2CC(=O)O)cc1. The van der Waals surface area contributed by atoms with Crippen molar-refractivity contribution in [1.82, 2.24) is 4.57 Å². The molecule has 1 N–H and O–H groups in total. The predicted octanol–water partition coefficient (Wildman–Crippen LogP) is 3.12. The number of carboxylic acid groups (broad SMARTS) is 1. The lowest BCUT2D eigenvalue weighted by Gasteiger charge is -2.02. The lowest BCUT2D eigenvalue weighted by molar-refractivity contribution is -0.137. The largest absolute Gasteiger partial charge is 0.480 e. The summed E-state index contributed by atoms with van der Waals surface area (Å²) in [7, 11) is 0. The Hall–Kier alpha value is -2.87. The van der Waals surface area contributed by atoms with Gasteiger partial charge in [-0.05, 0) is 25.1 Å². The van der Waals surface area contributed by atoms with Crippen LogP contribution in [0.25, 0.3) is 10.2 Å². The van der Waals surface area contributed by atoms with Gasteiger partial charge in [0.05, 0.1) is 10.2 Å². The van der Waals surface area contributed by atoms with E-state index >= 15 is 0 Å². The van der Waals surface area contributed by atoms with Crippen molar-refractivity contribution >= 4 is 33.4 Å². The van der Waals surface area contributed by atoms with E-state index in [9.17, 15) is 18.4 Å². The first-order chi connectivity index (χ1) is 11.8. The monoisotopic (exact) mass is 362 g/mol. The molecule has 25 heavy (non-hydrogen) atoms. The van der Waals surface area contributed by atoms with Gasteiger partial charge in [0.15, 0.2) is 10.6 Å². The number of halogens is 2. The molecule has 0 radical (unpaired) electrons. The summed E-state index contributed by atoms with van der Waals surface area (Å²) in [5.41, 5.74) is 1.19. The fraction of sp³-hybridized carbons (Fsp3) is 0.118. The number of amides is 1. The summed E-state index contributed by atoms with van der Waals surface area (Å²) in [4.78, 5) is 27.3. The maximum Gasteiger partial charge on any atom is 0.323 e. The van der Waals surface area contributed by atoms with Gasteiger partial charge in [0.2, 0.25) is 0 Å². The fourth-order valence-electron chi connectivity index (χ4n) is 2.34. The van der Waals surface area contributed by atoms with Crippen LogP contribution in [0.2, 0.25) is 0 Å². The van der Waals surface area contributed by atoms with Crippen molar-refractivity contribution in [2.24, 2.45) is 4.99 Å². The van der Waals surface area contributed by atoms with Gasteiger partial charge in [-0.2, -0.15) is 4.99 Å². The molecule has 0 fully saturated rings. The Kier molecular flexibility index (Phi) is 4.45. The highest BCUT2D eigenvalue weighted by Gasteiger charge is 2.16. The molecule has 0 aliphatic carbocycles. The van der Waals surface area contributed by atoms with Gasteiger partial charge in [0.25, 0.3) is 5.91 Å². The number of benzene rings is 2. The quantitative estimate of drug-likeness (QED) is 0.778. The minimum atomic E-state index is -1.23. The molecular weight excluding hydrogens is 350 g/mol. The van der Waals surface area contributed by atoms with Gasteiger partial charge >= 0.3 is 5.97 Å². The second kappa shape index (κ2) is 6.56. The Morgan fingerprint density at radius 2 is 1.88 bits per heavy atom. The second-order valence-corrected chi connectivity index (χ2v) is 6.39. The Balaban J connectivity index is 2.20. The molecule has 3 rings (SSSR count). The third kappa shape index (κ3) is 3.48. The normalized spacial score (nSPS) is 11.9. The van der Waals surface area contributed by atoms with Gasteiger partial charge in [-0.1, -0.05) is 29.0 Å². The molecule has 0 spiro atoms. The molecule has 0 bridgehead atoms. The molecule has 1 aromatic heterocycles. The molecular formula is C17H12F2N2O3S. The van der Waals surface area contributed by atoms with Gasteiger partial charge in [-0.25, -0.2) is 8.78 Å². The van der Waals surface area contributed by atoms with E-state index in [1.165, 1.54) is 0 Å². The summed E-state index contributed by atoms with van der Waals surface area (Å²) in [5, 5.41) is 9.06. The van der Waals surface area contributed by atoms with Crippen molar-refractivity contribution in [3.05, 3.63) is 64.0 Å². The molecule has 0 saturated heterocycles. The Morgan fingerprint density at radius 1 is 1.20 bits per heavy atom. The van der Waals surface area contributed by atoms with Crippen LogP contribution < -0.4 is 4.80 Å². The van der Waals surface area contributed by atoms with Crippen molar-refractivity contribution in [1.29, 1.82) is 0 Å². The second-order valence-electron chi connectivity index (χ2n) is 5.38. The van der Waals surface area contributed by atoms with E-state index in [-0.39, 0.29) is 15.0 Å². The number of thiazole rings is 1. The highest BCUT2D eigenvalue weighted by atomic mass is 32.1. The van der Waals surface area contributed by atoms with Crippen molar-refractivity contribution < 1.29 is 23.5 Å². The molecule has 0 atom stereocenters. The number of aryl methyl sites for hydroxylation is 1. The maximum absolute atomic E-state index is 14.1. The summed E-state index contributed by atoms with van der Waals surface area (Å²) < 4.78 is 28.7. The first-order valence-corrected chi connectivity index (χ1v) is 8.02. The lowest BCUT2D eigenvalue weighted by atomic mass is 10.1. The smallest absolute Gasteiger partial charge is 0.323 e. The average molecular weight is 362 g/mol. The standard InChI is InChI=1S/C17H12F2N2O3S/c1-9-2-4-10(5-3-9)16(24)20-17-21(8-14(22)23)15-12(19)6-11(18)7-13(15)25-17/h2-7H,8H2,1H3,(H,22,23). The number of hydrogen-bond donors (Lipinski definition) is 1. The van der Waals surface area contributed by atoms with E-state index in [1.807, 2.05) is 6.92 Å². The molecule has 0 aliphatic heterocycles. The minimum absolute atomic E-state index is 0.00697. The minimum Gasteiger partial charge on any atom is -0.480 e. The van der Waals surface area contributed by atoms with Crippen LogP contribution in [0.5, 0.6) is 0 Å². The van der Waals surface area contributed by atoms with Crippen LogP contribution in [0.15, 0.2) is 41.4 Å². The molecule has 128 valence electrons. The van der Waals surface area contributed by atoms with E-state index in [4.69, 9.17) is 5.11 Å². The number of aromatic nitrogens is 1. The first kappa shape index (κ1) is 17.0. The molecule has 5 nitrogen and oxygen atoms in total. The van der Waals surface area contributed by atoms with Gasteiger partial charge < -0.3 is 9.67 Å². The zero-order valence-electron chi connectivity index (χ0n) is 13.0. The van der Waals surface area contributed by atoms with Crippen molar-refractivity contribution in [3.8, 4) is 0 Å². The number of carbonyl (C=O) groups excluding carboxylic acids is 1. The Labute approximate surface area is 144 Å². The van der Waals surface area contributed by atoms with E-state index in [1.54, 1.807) is 24.3 Å². The van der Waals surface area contributed by atoms with Crippen LogP contribution in [-0.4, -0.2) is 21.6 Å². The summed E-state index contributed by atoms with van der Waals surface area (Å²) in [6, 6.07) is 8.42. The van der Waals surface area contributed by atoms with Gasteiger partial charge in [0.1, 0.15) is 12.4 Å². The molecule has 1 heterocycles. The fourth-order valence-corrected chi connectivity index (χ4v) is 3.41. The summed E-state index contributed by atoms with van der Waals surface area (Å²) in [5.74, 6) is -3.51. The number of hydrogen-bond acceptors (Lipinski definition) is 3. The van der Waals surface area contributed by atoms with Crippen molar-refractivity contribution in [2.75, 3.05) is 0 Å². The number of rotatable bonds is 3. The average Bonchev–Trinajstić information content (AvgIpc) is 2.84. The summed E-state index contributed by atoms with van der Waals surface area (Å²) in [6.07, 6.45) is 0. The zero-order valence-corrected chi connectivity index (χ0v) is 13.8. The van der Waals surface area contributed by atoms with Gasteiger partial charge in [0, 0.05) is 11.6 Å². The highest BCUT2D eigenvalue weighted by Crippen LogP contribution is 2.22. The number of aliphatic carboxylic acids is 1. The molecule has 1 amide bonds. The van der Waals surface area contributed by atoms with E-state index in [0.29, 0.717) is 11.6 Å². The molecule has 0 saturated carbocycles. The zero-order chi connectivity index (χ0) is 18.1. The van der Waals surface area contributed by atoms with Crippen LogP contribution >= 0.6 is 11.3 Å². The van der Waals surface area contributed by atoms with Crippen LogP contribution in [-0.2, 0) is 11.3 Å². The highest BCUT2D eigenvalue weighted by molar-refractivity contribution is 7.16. The number of nitrogens with zero attached hydrogens (tertiary/aromatic N) is 2. The van der Waals surface area contributed by atoms with E-state index in [0.717, 1.165) is 27.5 Å². The van der Waals surface area contributed by atoms with Gasteiger partial charge in [-0.3, -0.25) is 9.59 Å². The lowest BCUT2D eigenvalue weighted by Crippen LogP contribution is -2.21. The Bertz CT molecular complexity index is 1050. The van der Waals surface area contributed by atoms with Crippen LogP contribution in [0, 0.1) is 18.6 Å². The maximum atomic E-state index is 14.1. The molecule has 8 heteroatoms. The topological polar surface area (TPSA) is 71.7 Å². The van der Waals surface area contributed by atoms with Crippen LogP contribution in [0.1, 0.15) is 15.9 Å². The number of fused-ring (bicyclic) bond motifs is 1. The van der Waals surface area contributed by atoms with E-state index in [2.05, 4.69) is 4.99 Å². The molecule has 0 unspecified atom stereocenters.